The monoisotopic (exact) mass is 340 g/mol. The van der Waals surface area contributed by atoms with Crippen molar-refractivity contribution < 1.29 is 4.39 Å². The molecule has 0 fully saturated rings. The molecule has 0 saturated heterocycles. The van der Waals surface area contributed by atoms with Crippen LogP contribution < -0.4 is 11.3 Å². The number of nitrogens with two attached hydrogens (primary N) is 1. The second-order valence-corrected chi connectivity index (χ2v) is 5.55. The molecule has 0 aliphatic rings. The van der Waals surface area contributed by atoms with E-state index in [1.807, 2.05) is 17.8 Å². The third-order valence-corrected chi connectivity index (χ3v) is 4.09. The van der Waals surface area contributed by atoms with Gasteiger partial charge in [-0.05, 0) is 42.7 Å². The van der Waals surface area contributed by atoms with Gasteiger partial charge in [-0.15, -0.1) is 0 Å². The fourth-order valence-electron chi connectivity index (χ4n) is 2.21. The van der Waals surface area contributed by atoms with Crippen molar-refractivity contribution in [3.05, 3.63) is 51.5 Å². The minimum atomic E-state index is -0.252. The molecule has 0 saturated carbocycles. The average Bonchev–Trinajstić information content (AvgIpc) is 2.81. The summed E-state index contributed by atoms with van der Waals surface area (Å²) in [6, 6.07) is 6.56. The number of rotatable bonds is 5. The van der Waals surface area contributed by atoms with Gasteiger partial charge in [-0.1, -0.05) is 22.9 Å². The Balaban J connectivity index is 2.28. The molecule has 1 aromatic carbocycles. The molecule has 108 valence electrons. The summed E-state index contributed by atoms with van der Waals surface area (Å²) in [5, 5.41) is 4.41. The van der Waals surface area contributed by atoms with E-state index in [9.17, 15) is 4.39 Å². The van der Waals surface area contributed by atoms with Crippen LogP contribution in [0.4, 0.5) is 4.39 Å². The van der Waals surface area contributed by atoms with Crippen molar-refractivity contribution in [2.24, 2.45) is 12.9 Å². The number of hydrogen-bond acceptors (Lipinski definition) is 3. The van der Waals surface area contributed by atoms with E-state index < -0.39 is 0 Å². The first-order valence-corrected chi connectivity index (χ1v) is 7.27. The van der Waals surface area contributed by atoms with Crippen LogP contribution in [-0.2, 0) is 19.9 Å². The second kappa shape index (κ2) is 6.47. The van der Waals surface area contributed by atoms with E-state index in [0.29, 0.717) is 6.42 Å². The molecular formula is C14H18BrFN4. The molecule has 6 heteroatoms. The maximum Gasteiger partial charge on any atom is 0.123 e. The van der Waals surface area contributed by atoms with Crippen molar-refractivity contribution in [1.29, 1.82) is 0 Å². The van der Waals surface area contributed by atoms with Gasteiger partial charge in [0.25, 0.3) is 0 Å². The standard InChI is InChI=1S/C14H18BrFN4/c1-3-11-8-14(20(2)19-11)13(18-17)7-9-6-10(16)4-5-12(9)15/h4-6,8,13,18H,3,7,17H2,1-2H3. The number of halogens is 2. The normalized spacial score (nSPS) is 12.7. The Hall–Kier alpha value is -1.24. The van der Waals surface area contributed by atoms with Crippen molar-refractivity contribution in [3.63, 3.8) is 0 Å². The van der Waals surface area contributed by atoms with Crippen molar-refractivity contribution in [2.75, 3.05) is 0 Å². The number of aryl methyl sites for hydroxylation is 2. The third kappa shape index (κ3) is 3.26. The van der Waals surface area contributed by atoms with Gasteiger partial charge in [0.05, 0.1) is 17.4 Å². The summed E-state index contributed by atoms with van der Waals surface area (Å²) >= 11 is 3.44. The van der Waals surface area contributed by atoms with Crippen molar-refractivity contribution in [1.82, 2.24) is 15.2 Å². The maximum atomic E-state index is 13.4. The maximum absolute atomic E-state index is 13.4. The number of aromatic nitrogens is 2. The van der Waals surface area contributed by atoms with Crippen molar-refractivity contribution in [3.8, 4) is 0 Å². The largest absolute Gasteiger partial charge is 0.271 e. The van der Waals surface area contributed by atoms with Gasteiger partial charge >= 0.3 is 0 Å². The summed E-state index contributed by atoms with van der Waals surface area (Å²) in [7, 11) is 1.89. The van der Waals surface area contributed by atoms with Gasteiger partial charge in [-0.2, -0.15) is 5.10 Å². The summed E-state index contributed by atoms with van der Waals surface area (Å²) in [6.07, 6.45) is 1.45. The Labute approximate surface area is 126 Å². The molecule has 0 amide bonds. The molecule has 0 bridgehead atoms. The van der Waals surface area contributed by atoms with Crippen LogP contribution in [0.2, 0.25) is 0 Å². The summed E-state index contributed by atoms with van der Waals surface area (Å²) in [6.45, 7) is 2.06. The predicted octanol–water partition coefficient (Wildman–Crippen LogP) is 2.63. The van der Waals surface area contributed by atoms with Crippen LogP contribution in [0.5, 0.6) is 0 Å². The highest BCUT2D eigenvalue weighted by atomic mass is 79.9. The van der Waals surface area contributed by atoms with E-state index in [2.05, 4.69) is 33.4 Å². The van der Waals surface area contributed by atoms with Crippen LogP contribution >= 0.6 is 15.9 Å². The highest BCUT2D eigenvalue weighted by molar-refractivity contribution is 9.10. The van der Waals surface area contributed by atoms with E-state index in [1.165, 1.54) is 12.1 Å². The second-order valence-electron chi connectivity index (χ2n) is 4.70. The molecule has 1 aromatic heterocycles. The molecule has 3 N–H and O–H groups in total. The van der Waals surface area contributed by atoms with E-state index in [1.54, 1.807) is 6.07 Å². The smallest absolute Gasteiger partial charge is 0.123 e. The van der Waals surface area contributed by atoms with Crippen LogP contribution in [0.1, 0.15) is 29.9 Å². The van der Waals surface area contributed by atoms with Gasteiger partial charge in [0.15, 0.2) is 0 Å². The first-order valence-electron chi connectivity index (χ1n) is 6.48. The molecule has 0 aliphatic heterocycles. The molecule has 1 atom stereocenters. The Morgan fingerprint density at radius 3 is 2.80 bits per heavy atom. The lowest BCUT2D eigenvalue weighted by Crippen LogP contribution is -2.31. The number of hydrazine groups is 1. The lowest BCUT2D eigenvalue weighted by molar-refractivity contribution is 0.506. The van der Waals surface area contributed by atoms with Crippen molar-refractivity contribution in [2.45, 2.75) is 25.8 Å². The van der Waals surface area contributed by atoms with Gasteiger partial charge in [-0.3, -0.25) is 16.0 Å². The quantitative estimate of drug-likeness (QED) is 0.649. The van der Waals surface area contributed by atoms with E-state index in [-0.39, 0.29) is 11.9 Å². The third-order valence-electron chi connectivity index (χ3n) is 3.32. The van der Waals surface area contributed by atoms with Gasteiger partial charge in [0.2, 0.25) is 0 Å². The van der Waals surface area contributed by atoms with E-state index in [0.717, 1.165) is 27.8 Å². The Morgan fingerprint density at radius 1 is 1.45 bits per heavy atom. The molecule has 20 heavy (non-hydrogen) atoms. The number of nitrogens with zero attached hydrogens (tertiary/aromatic N) is 2. The van der Waals surface area contributed by atoms with Gasteiger partial charge in [0.1, 0.15) is 5.82 Å². The lowest BCUT2D eigenvalue weighted by atomic mass is 10.0. The van der Waals surface area contributed by atoms with Gasteiger partial charge in [-0.25, -0.2) is 4.39 Å². The minimum Gasteiger partial charge on any atom is -0.271 e. The molecule has 0 radical (unpaired) electrons. The zero-order valence-electron chi connectivity index (χ0n) is 11.5. The molecule has 2 rings (SSSR count). The SMILES string of the molecule is CCc1cc(C(Cc2cc(F)ccc2Br)NN)n(C)n1. The van der Waals surface area contributed by atoms with Crippen LogP contribution in [0.15, 0.2) is 28.7 Å². The molecular weight excluding hydrogens is 323 g/mol. The average molecular weight is 341 g/mol. The van der Waals surface area contributed by atoms with Gasteiger partial charge < -0.3 is 0 Å². The van der Waals surface area contributed by atoms with Crippen LogP contribution in [0, 0.1) is 5.82 Å². The lowest BCUT2D eigenvalue weighted by Gasteiger charge is -2.17. The highest BCUT2D eigenvalue weighted by Gasteiger charge is 2.17. The summed E-state index contributed by atoms with van der Waals surface area (Å²) in [5.41, 5.74) is 5.66. The first kappa shape index (κ1) is 15.2. The molecule has 2 aromatic rings. The van der Waals surface area contributed by atoms with Crippen LogP contribution in [-0.4, -0.2) is 9.78 Å². The molecule has 0 spiro atoms. The highest BCUT2D eigenvalue weighted by Crippen LogP contribution is 2.24. The topological polar surface area (TPSA) is 55.9 Å². The summed E-state index contributed by atoms with van der Waals surface area (Å²) in [4.78, 5) is 0. The van der Waals surface area contributed by atoms with E-state index in [4.69, 9.17) is 5.84 Å². The van der Waals surface area contributed by atoms with E-state index >= 15 is 0 Å². The van der Waals surface area contributed by atoms with Gasteiger partial charge in [0, 0.05) is 11.5 Å². The number of hydrogen-bond donors (Lipinski definition) is 2. The van der Waals surface area contributed by atoms with Crippen LogP contribution in [0.3, 0.4) is 0 Å². The minimum absolute atomic E-state index is 0.120. The molecule has 0 aliphatic carbocycles. The fraction of sp³-hybridized carbons (Fsp3) is 0.357. The Morgan fingerprint density at radius 2 is 2.20 bits per heavy atom. The van der Waals surface area contributed by atoms with Crippen molar-refractivity contribution >= 4 is 15.9 Å². The predicted molar refractivity (Wildman–Crippen MR) is 80.5 cm³/mol. The Kier molecular flexibility index (Phi) is 4.91. The first-order chi connectivity index (χ1) is 9.55. The number of nitrogens with one attached hydrogen (secondary N) is 1. The molecule has 1 heterocycles. The summed E-state index contributed by atoms with van der Waals surface area (Å²) in [5.74, 6) is 5.41. The van der Waals surface area contributed by atoms with Crippen LogP contribution in [0.25, 0.3) is 0 Å². The zero-order chi connectivity index (χ0) is 14.7. The molecule has 1 unspecified atom stereocenters. The zero-order valence-corrected chi connectivity index (χ0v) is 13.1. The summed E-state index contributed by atoms with van der Waals surface area (Å²) < 4.78 is 16.0. The molecule has 4 nitrogen and oxygen atoms in total. The number of benzene rings is 1. The Bertz CT molecular complexity index is 597. The fourth-order valence-corrected chi connectivity index (χ4v) is 2.62.